The molecule has 3 aliphatic rings. The Morgan fingerprint density at radius 2 is 1.87 bits per heavy atom. The van der Waals surface area contributed by atoms with Crippen molar-refractivity contribution in [2.45, 2.75) is 42.9 Å². The number of fused-ring (bicyclic) bond motifs is 3. The number of amidine groups is 1. The highest BCUT2D eigenvalue weighted by atomic mass is 19.1. The second-order valence-electron chi connectivity index (χ2n) is 8.23. The number of nitrogens with two attached hydrogens (primary N) is 1. The Morgan fingerprint density at radius 1 is 1.10 bits per heavy atom. The van der Waals surface area contributed by atoms with Crippen molar-refractivity contribution in [1.82, 2.24) is 0 Å². The summed E-state index contributed by atoms with van der Waals surface area (Å²) in [6, 6.07) is 13.9. The Balaban J connectivity index is 1.63. The number of rotatable bonds is 3. The van der Waals surface area contributed by atoms with Gasteiger partial charge in [0.15, 0.2) is 17.2 Å². The van der Waals surface area contributed by atoms with Crippen LogP contribution in [0.5, 0.6) is 11.5 Å². The summed E-state index contributed by atoms with van der Waals surface area (Å²) in [7, 11) is 3.38. The Bertz CT molecular complexity index is 1040. The molecule has 1 aliphatic carbocycles. The summed E-state index contributed by atoms with van der Waals surface area (Å²) in [6.45, 7) is 0. The molecule has 1 atom stereocenters. The van der Waals surface area contributed by atoms with E-state index < -0.39 is 17.0 Å². The molecule has 1 unspecified atom stereocenters. The van der Waals surface area contributed by atoms with Crippen LogP contribution in [0.1, 0.15) is 31.2 Å². The van der Waals surface area contributed by atoms with Gasteiger partial charge in [0.05, 0.1) is 13.2 Å². The van der Waals surface area contributed by atoms with Crippen LogP contribution in [0.2, 0.25) is 0 Å². The van der Waals surface area contributed by atoms with Crippen LogP contribution in [0.3, 0.4) is 0 Å². The predicted octanol–water partition coefficient (Wildman–Crippen LogP) is 4.50. The van der Waals surface area contributed by atoms with Crippen molar-refractivity contribution < 1.29 is 18.6 Å². The molecule has 2 spiro atoms. The lowest BCUT2D eigenvalue weighted by Gasteiger charge is -2.43. The maximum atomic E-state index is 14.6. The number of hydrogen-bond donors (Lipinski definition) is 1. The fraction of sp³-hybridized carbons (Fsp3) is 0.375. The van der Waals surface area contributed by atoms with E-state index in [0.29, 0.717) is 0 Å². The average molecular weight is 408 g/mol. The Labute approximate surface area is 175 Å². The summed E-state index contributed by atoms with van der Waals surface area (Å²) in [5.74, 6) is 0.973. The molecule has 0 bridgehead atoms. The Kier molecular flexibility index (Phi) is 4.36. The number of hydrogen-bond acceptors (Lipinski definition) is 5. The van der Waals surface area contributed by atoms with E-state index in [9.17, 15) is 4.39 Å². The zero-order chi connectivity index (χ0) is 20.9. The topological polar surface area (TPSA) is 66.1 Å². The van der Waals surface area contributed by atoms with Gasteiger partial charge in [-0.3, -0.25) is 0 Å². The molecular formula is C24H25FN2O3. The molecule has 30 heavy (non-hydrogen) atoms. The van der Waals surface area contributed by atoms with Gasteiger partial charge in [0.2, 0.25) is 0 Å². The van der Waals surface area contributed by atoms with Crippen LogP contribution in [-0.4, -0.2) is 31.8 Å². The first-order valence-electron chi connectivity index (χ1n) is 10.2. The van der Waals surface area contributed by atoms with Crippen molar-refractivity contribution >= 4 is 5.84 Å². The molecule has 5 nitrogen and oxygen atoms in total. The van der Waals surface area contributed by atoms with Gasteiger partial charge >= 0.3 is 0 Å². The summed E-state index contributed by atoms with van der Waals surface area (Å²) in [5, 5.41) is 0. The van der Waals surface area contributed by atoms with Crippen molar-refractivity contribution in [2.24, 2.45) is 10.7 Å². The molecule has 156 valence electrons. The van der Waals surface area contributed by atoms with E-state index in [0.717, 1.165) is 53.9 Å². The molecule has 2 heterocycles. The summed E-state index contributed by atoms with van der Waals surface area (Å²) in [6.07, 6.45) is 4.84. The van der Waals surface area contributed by atoms with E-state index in [1.54, 1.807) is 20.3 Å². The van der Waals surface area contributed by atoms with Gasteiger partial charge in [-0.15, -0.1) is 0 Å². The highest BCUT2D eigenvalue weighted by Gasteiger charge is 2.62. The van der Waals surface area contributed by atoms with Gasteiger partial charge < -0.3 is 19.9 Å². The predicted molar refractivity (Wildman–Crippen MR) is 114 cm³/mol. The number of aliphatic imine (C=N–C) groups is 1. The minimum absolute atomic E-state index is 0.0635. The highest BCUT2D eigenvalue weighted by molar-refractivity contribution is 5.98. The largest absolute Gasteiger partial charge is 0.497 e. The zero-order valence-corrected chi connectivity index (χ0v) is 17.2. The van der Waals surface area contributed by atoms with Gasteiger partial charge in [-0.2, -0.15) is 0 Å². The van der Waals surface area contributed by atoms with E-state index in [1.807, 2.05) is 42.5 Å². The SMILES string of the molecule is COc1cccc(-c2ccc3c(c2)C2(C=C(F)C(N)=N2)C2(CCC(OC)CC2)O3)c1. The molecule has 1 fully saturated rings. The third-order valence-corrected chi connectivity index (χ3v) is 6.74. The molecule has 2 N–H and O–H groups in total. The van der Waals surface area contributed by atoms with Crippen LogP contribution >= 0.6 is 0 Å². The van der Waals surface area contributed by atoms with Crippen LogP contribution < -0.4 is 15.2 Å². The van der Waals surface area contributed by atoms with E-state index in [-0.39, 0.29) is 11.9 Å². The van der Waals surface area contributed by atoms with Crippen molar-refractivity contribution in [1.29, 1.82) is 0 Å². The van der Waals surface area contributed by atoms with Crippen molar-refractivity contribution in [3.05, 3.63) is 59.9 Å². The smallest absolute Gasteiger partial charge is 0.163 e. The molecule has 0 amide bonds. The van der Waals surface area contributed by atoms with Crippen molar-refractivity contribution in [2.75, 3.05) is 14.2 Å². The highest BCUT2D eigenvalue weighted by Crippen LogP contribution is 2.59. The van der Waals surface area contributed by atoms with Gasteiger partial charge in [0.1, 0.15) is 17.1 Å². The summed E-state index contributed by atoms with van der Waals surface area (Å²) >= 11 is 0. The van der Waals surface area contributed by atoms with Crippen LogP contribution in [0.4, 0.5) is 4.39 Å². The van der Waals surface area contributed by atoms with E-state index >= 15 is 0 Å². The maximum Gasteiger partial charge on any atom is 0.163 e. The number of nitrogens with zero attached hydrogens (tertiary/aromatic N) is 1. The standard InChI is InChI=1S/C24H25FN2O3/c1-28-17-8-10-23(11-9-17)24(14-20(25)22(26)27-24)19-13-16(6-7-21(19)30-23)15-4-3-5-18(12-15)29-2/h3-7,12-14,17H,8-11H2,1-2H3,(H2,26,27). The van der Waals surface area contributed by atoms with Gasteiger partial charge in [-0.25, -0.2) is 9.38 Å². The minimum atomic E-state index is -0.954. The lowest BCUT2D eigenvalue weighted by molar-refractivity contribution is -0.0426. The molecule has 2 aromatic rings. The molecule has 2 aliphatic heterocycles. The van der Waals surface area contributed by atoms with Gasteiger partial charge in [0, 0.05) is 12.7 Å². The van der Waals surface area contributed by atoms with E-state index in [4.69, 9.17) is 19.9 Å². The number of methoxy groups -OCH3 is 2. The first-order valence-corrected chi connectivity index (χ1v) is 10.2. The average Bonchev–Trinajstić information content (AvgIpc) is 3.22. The van der Waals surface area contributed by atoms with Crippen molar-refractivity contribution in [3.63, 3.8) is 0 Å². The summed E-state index contributed by atoms with van der Waals surface area (Å²) in [4.78, 5) is 4.67. The Morgan fingerprint density at radius 3 is 2.53 bits per heavy atom. The Hall–Kier alpha value is -2.86. The van der Waals surface area contributed by atoms with E-state index in [1.165, 1.54) is 0 Å². The van der Waals surface area contributed by atoms with Crippen LogP contribution in [0.25, 0.3) is 11.1 Å². The molecule has 1 saturated carbocycles. The fourth-order valence-corrected chi connectivity index (χ4v) is 5.11. The molecule has 0 aromatic heterocycles. The monoisotopic (exact) mass is 408 g/mol. The maximum absolute atomic E-state index is 14.6. The lowest BCUT2D eigenvalue weighted by Crippen LogP contribution is -2.52. The zero-order valence-electron chi connectivity index (χ0n) is 17.2. The quantitative estimate of drug-likeness (QED) is 0.812. The number of ether oxygens (including phenoxy) is 3. The molecule has 0 radical (unpaired) electrons. The van der Waals surface area contributed by atoms with Crippen LogP contribution in [0, 0.1) is 0 Å². The summed E-state index contributed by atoms with van der Waals surface area (Å²) in [5.41, 5.74) is 7.18. The second-order valence-corrected chi connectivity index (χ2v) is 8.23. The fourth-order valence-electron chi connectivity index (χ4n) is 5.11. The van der Waals surface area contributed by atoms with Gasteiger partial charge in [-0.05, 0) is 67.2 Å². The first kappa shape index (κ1) is 19.1. The third-order valence-electron chi connectivity index (χ3n) is 6.74. The molecule has 0 saturated heterocycles. The van der Waals surface area contributed by atoms with Crippen molar-refractivity contribution in [3.8, 4) is 22.6 Å². The normalized spacial score (nSPS) is 29.5. The first-order chi connectivity index (χ1) is 14.5. The second kappa shape index (κ2) is 6.84. The van der Waals surface area contributed by atoms with Crippen LogP contribution in [0.15, 0.2) is 59.4 Å². The summed E-state index contributed by atoms with van der Waals surface area (Å²) < 4.78 is 32.1. The van der Waals surface area contributed by atoms with Gasteiger partial charge in [0.25, 0.3) is 0 Å². The molecule has 2 aromatic carbocycles. The van der Waals surface area contributed by atoms with Crippen LogP contribution in [-0.2, 0) is 10.3 Å². The third kappa shape index (κ3) is 2.67. The number of halogens is 1. The molecule has 6 heteroatoms. The molecular weight excluding hydrogens is 383 g/mol. The minimum Gasteiger partial charge on any atom is -0.497 e. The lowest BCUT2D eigenvalue weighted by atomic mass is 9.68. The van der Waals surface area contributed by atoms with Gasteiger partial charge in [-0.1, -0.05) is 18.2 Å². The molecule has 5 rings (SSSR count). The number of benzene rings is 2. The van der Waals surface area contributed by atoms with E-state index in [2.05, 4.69) is 4.99 Å².